The minimum atomic E-state index is -0.790. The molecule has 24 heavy (non-hydrogen) atoms. The van der Waals surface area contributed by atoms with E-state index in [4.69, 9.17) is 0 Å². The Labute approximate surface area is 146 Å². The number of rotatable bonds is 6. The van der Waals surface area contributed by atoms with Crippen molar-refractivity contribution in [3.8, 4) is 0 Å². The van der Waals surface area contributed by atoms with Gasteiger partial charge in [-0.15, -0.1) is 11.3 Å². The Morgan fingerprint density at radius 3 is 2.83 bits per heavy atom. The van der Waals surface area contributed by atoms with E-state index in [0.29, 0.717) is 6.42 Å². The van der Waals surface area contributed by atoms with Gasteiger partial charge < -0.3 is 9.67 Å². The second-order valence-corrected chi connectivity index (χ2v) is 7.41. The molecule has 1 aliphatic heterocycles. The zero-order valence-electron chi connectivity index (χ0n) is 14.2. The van der Waals surface area contributed by atoms with Crippen LogP contribution in [0.3, 0.4) is 0 Å². The summed E-state index contributed by atoms with van der Waals surface area (Å²) in [5, 5.41) is 11.5. The van der Waals surface area contributed by atoms with E-state index in [2.05, 4.69) is 6.92 Å². The van der Waals surface area contributed by atoms with Gasteiger partial charge in [-0.05, 0) is 61.2 Å². The zero-order chi connectivity index (χ0) is 17.3. The number of unbranched alkanes of at least 4 members (excludes halogenated alkanes) is 1. The molecule has 4 nitrogen and oxygen atoms in total. The molecule has 0 radical (unpaired) electrons. The van der Waals surface area contributed by atoms with Gasteiger partial charge in [0.05, 0.1) is 16.5 Å². The third-order valence-corrected chi connectivity index (χ3v) is 5.84. The number of aromatic nitrogens is 1. The number of aryl methyl sites for hydroxylation is 2. The van der Waals surface area contributed by atoms with Gasteiger partial charge in [-0.25, -0.2) is 0 Å². The first kappa shape index (κ1) is 17.0. The molecule has 3 rings (SSSR count). The monoisotopic (exact) mass is 345 g/mol. The maximum atomic E-state index is 13.2. The van der Waals surface area contributed by atoms with E-state index < -0.39 is 11.9 Å². The average molecular weight is 345 g/mol. The molecule has 0 aromatic carbocycles. The second-order valence-electron chi connectivity index (χ2n) is 6.49. The van der Waals surface area contributed by atoms with Crippen LogP contribution in [-0.4, -0.2) is 21.4 Å². The summed E-state index contributed by atoms with van der Waals surface area (Å²) < 4.78 is 1.98. The molecule has 1 aliphatic rings. The Morgan fingerprint density at radius 1 is 1.42 bits per heavy atom. The van der Waals surface area contributed by atoms with Crippen molar-refractivity contribution in [1.82, 2.24) is 4.57 Å². The van der Waals surface area contributed by atoms with Crippen LogP contribution in [-0.2, 0) is 17.8 Å². The summed E-state index contributed by atoms with van der Waals surface area (Å²) in [5.74, 6) is -1.24. The third-order valence-electron chi connectivity index (χ3n) is 4.82. The summed E-state index contributed by atoms with van der Waals surface area (Å²) in [6, 6.07) is 3.94. The summed E-state index contributed by atoms with van der Waals surface area (Å²) in [7, 11) is 0. The van der Waals surface area contributed by atoms with Crippen LogP contribution in [0.1, 0.15) is 70.7 Å². The number of hydrogen-bond donors (Lipinski definition) is 1. The Balaban J connectivity index is 2.11. The van der Waals surface area contributed by atoms with Crippen molar-refractivity contribution < 1.29 is 14.7 Å². The minimum absolute atomic E-state index is 0.0471. The molecule has 2 aromatic rings. The fraction of sp³-hybridized carbons (Fsp3) is 0.474. The summed E-state index contributed by atoms with van der Waals surface area (Å²) in [6.45, 7) is 4.81. The van der Waals surface area contributed by atoms with Gasteiger partial charge in [0.25, 0.3) is 0 Å². The van der Waals surface area contributed by atoms with Crippen LogP contribution in [0.2, 0.25) is 0 Å². The predicted octanol–water partition coefficient (Wildman–Crippen LogP) is 4.39. The average Bonchev–Trinajstić information content (AvgIpc) is 3.14. The van der Waals surface area contributed by atoms with Gasteiger partial charge in [0.15, 0.2) is 0 Å². The Hall–Kier alpha value is -1.88. The fourth-order valence-electron chi connectivity index (χ4n) is 3.55. The lowest BCUT2D eigenvalue weighted by atomic mass is 9.96. The molecule has 0 bridgehead atoms. The zero-order valence-corrected chi connectivity index (χ0v) is 15.0. The largest absolute Gasteiger partial charge is 0.481 e. The standard InChI is InChI=1S/C19H23NO3S/c1-3-4-6-13-11-15-14(19(22)23)7-5-9-20(15)16(13)17(21)18-12(2)8-10-24-18/h8,10-11,14H,3-7,9H2,1-2H3,(H,22,23). The third kappa shape index (κ3) is 2.93. The van der Waals surface area contributed by atoms with Crippen molar-refractivity contribution in [2.24, 2.45) is 0 Å². The van der Waals surface area contributed by atoms with E-state index in [0.717, 1.165) is 59.6 Å². The molecule has 0 saturated heterocycles. The van der Waals surface area contributed by atoms with Gasteiger partial charge in [-0.1, -0.05) is 13.3 Å². The second kappa shape index (κ2) is 6.93. The molecule has 1 N–H and O–H groups in total. The number of carbonyl (C=O) groups is 2. The molecular formula is C19H23NO3S. The van der Waals surface area contributed by atoms with Crippen molar-refractivity contribution in [3.05, 3.63) is 44.9 Å². The van der Waals surface area contributed by atoms with Crippen LogP contribution in [0.4, 0.5) is 0 Å². The lowest BCUT2D eigenvalue weighted by Gasteiger charge is -2.23. The van der Waals surface area contributed by atoms with Crippen molar-refractivity contribution in [2.75, 3.05) is 0 Å². The van der Waals surface area contributed by atoms with E-state index in [1.54, 1.807) is 0 Å². The maximum absolute atomic E-state index is 13.2. The number of thiophene rings is 1. The highest BCUT2D eigenvalue weighted by Crippen LogP contribution is 2.34. The highest BCUT2D eigenvalue weighted by molar-refractivity contribution is 7.12. The number of aliphatic carboxylic acids is 1. The lowest BCUT2D eigenvalue weighted by molar-refractivity contribution is -0.139. The van der Waals surface area contributed by atoms with Crippen LogP contribution < -0.4 is 0 Å². The number of nitrogens with zero attached hydrogens (tertiary/aromatic N) is 1. The van der Waals surface area contributed by atoms with Crippen LogP contribution in [0.15, 0.2) is 17.5 Å². The predicted molar refractivity (Wildman–Crippen MR) is 95.1 cm³/mol. The molecule has 0 aliphatic carbocycles. The van der Waals surface area contributed by atoms with Crippen molar-refractivity contribution in [2.45, 2.75) is 58.4 Å². The number of carbonyl (C=O) groups excluding carboxylic acids is 1. The normalized spacial score (nSPS) is 16.8. The Kier molecular flexibility index (Phi) is 4.90. The first-order chi connectivity index (χ1) is 11.5. The van der Waals surface area contributed by atoms with E-state index in [1.165, 1.54) is 11.3 Å². The SMILES string of the molecule is CCCCc1cc2n(c1C(=O)c1sccc1C)CCCC2C(=O)O. The van der Waals surface area contributed by atoms with Crippen LogP contribution in [0.5, 0.6) is 0 Å². The summed E-state index contributed by atoms with van der Waals surface area (Å²) in [5.41, 5.74) is 3.53. The molecule has 128 valence electrons. The number of fused-ring (bicyclic) bond motifs is 1. The first-order valence-electron chi connectivity index (χ1n) is 8.58. The van der Waals surface area contributed by atoms with E-state index in [1.807, 2.05) is 29.0 Å². The molecule has 1 unspecified atom stereocenters. The fourth-order valence-corrected chi connectivity index (χ4v) is 4.41. The smallest absolute Gasteiger partial charge is 0.312 e. The van der Waals surface area contributed by atoms with Crippen LogP contribution in [0, 0.1) is 6.92 Å². The molecule has 0 saturated carbocycles. The molecule has 2 aromatic heterocycles. The minimum Gasteiger partial charge on any atom is -0.481 e. The van der Waals surface area contributed by atoms with Gasteiger partial charge in [-0.3, -0.25) is 9.59 Å². The highest BCUT2D eigenvalue weighted by atomic mass is 32.1. The lowest BCUT2D eigenvalue weighted by Crippen LogP contribution is -2.24. The molecule has 1 atom stereocenters. The quantitative estimate of drug-likeness (QED) is 0.790. The molecule has 3 heterocycles. The van der Waals surface area contributed by atoms with E-state index >= 15 is 0 Å². The molecular weight excluding hydrogens is 322 g/mol. The summed E-state index contributed by atoms with van der Waals surface area (Å²) in [6.07, 6.45) is 4.33. The first-order valence-corrected chi connectivity index (χ1v) is 9.46. The Bertz CT molecular complexity index is 772. The van der Waals surface area contributed by atoms with Gasteiger partial charge in [0.2, 0.25) is 5.78 Å². The molecule has 0 spiro atoms. The molecule has 0 amide bonds. The van der Waals surface area contributed by atoms with Crippen molar-refractivity contribution in [1.29, 1.82) is 0 Å². The maximum Gasteiger partial charge on any atom is 0.312 e. The van der Waals surface area contributed by atoms with Gasteiger partial charge in [-0.2, -0.15) is 0 Å². The number of hydrogen-bond acceptors (Lipinski definition) is 3. The van der Waals surface area contributed by atoms with E-state index in [-0.39, 0.29) is 5.78 Å². The topological polar surface area (TPSA) is 59.3 Å². The number of ketones is 1. The highest BCUT2D eigenvalue weighted by Gasteiger charge is 2.32. The number of carboxylic acid groups (broad SMARTS) is 1. The number of carboxylic acids is 1. The summed E-state index contributed by atoms with van der Waals surface area (Å²) in [4.78, 5) is 25.5. The van der Waals surface area contributed by atoms with Gasteiger partial charge in [0, 0.05) is 12.2 Å². The molecule has 0 fully saturated rings. The van der Waals surface area contributed by atoms with Gasteiger partial charge >= 0.3 is 5.97 Å². The van der Waals surface area contributed by atoms with Crippen molar-refractivity contribution >= 4 is 23.1 Å². The van der Waals surface area contributed by atoms with Crippen molar-refractivity contribution in [3.63, 3.8) is 0 Å². The molecule has 5 heteroatoms. The van der Waals surface area contributed by atoms with Crippen LogP contribution >= 0.6 is 11.3 Å². The Morgan fingerprint density at radius 2 is 2.21 bits per heavy atom. The van der Waals surface area contributed by atoms with E-state index in [9.17, 15) is 14.7 Å². The van der Waals surface area contributed by atoms with Crippen LogP contribution in [0.25, 0.3) is 0 Å². The summed E-state index contributed by atoms with van der Waals surface area (Å²) >= 11 is 1.47. The van der Waals surface area contributed by atoms with Gasteiger partial charge in [0.1, 0.15) is 0 Å².